The molecule has 0 aromatic rings. The Morgan fingerprint density at radius 2 is 0.123 bits per heavy atom. The predicted octanol–water partition coefficient (Wildman–Crippen LogP) is -13.4. The minimum absolute atomic E-state index is 0. The third kappa shape index (κ3) is 33900. The van der Waals surface area contributed by atoms with E-state index in [4.69, 9.17) is 175 Å². The second-order valence-electron chi connectivity index (χ2n) is 4.08. The molecule has 0 aliphatic carbocycles. The molecule has 0 heterocycles. The Hall–Kier alpha value is 2.34. The molecule has 0 spiro atoms. The fourth-order valence-corrected chi connectivity index (χ4v) is 0. The molecule has 57 heavy (non-hydrogen) atoms. The molecular weight excluding hydrogens is 1350 g/mol. The van der Waals surface area contributed by atoms with Gasteiger partial charge < -0.3 is 91.1 Å². The van der Waals surface area contributed by atoms with Gasteiger partial charge in [0.05, 0.1) is 0 Å². The van der Waals surface area contributed by atoms with Crippen LogP contribution < -0.4 is 0 Å². The van der Waals surface area contributed by atoms with Gasteiger partial charge in [-0.3, -0.25) is 84.2 Å². The summed E-state index contributed by atoms with van der Waals surface area (Å²) in [5.74, 6) is 0. The van der Waals surface area contributed by atoms with Gasteiger partial charge in [0.1, 0.15) is 0 Å². The standard InChI is InChI=1S/7Fe.10H2O4S/c;;;;;;;10*1-5(2,3)4/h;;;;;;;10*(H2,1,2,3,4)/q7*+3;;;;;;;;;;/p-20. The molecule has 0 saturated carbocycles. The first-order valence-electron chi connectivity index (χ1n) is 6.67. The van der Waals surface area contributed by atoms with E-state index in [1.54, 1.807) is 0 Å². The molecule has 0 aliphatic heterocycles. The molecule has 40 nitrogen and oxygen atoms in total. The molecule has 0 aliphatic rings. The molecule has 0 amide bonds. The van der Waals surface area contributed by atoms with Gasteiger partial charge in [0.2, 0.25) is 0 Å². The first kappa shape index (κ1) is 113. The zero-order valence-corrected chi connectivity index (χ0v) is 38.8. The molecule has 0 rings (SSSR count). The summed E-state index contributed by atoms with van der Waals surface area (Å²) >= 11 is 0. The van der Waals surface area contributed by atoms with Crippen molar-refractivity contribution in [1.29, 1.82) is 0 Å². The SMILES string of the molecule is O=S(=O)([O-])[O-].O=S(=O)([O-])[O-].O=S(=O)([O-])[O-].O=S(=O)([O-])[O-].O=S(=O)([O-])[O-].O=S(=O)([O-])[O-].O=S(=O)([O-])[O-].O=S(=O)([O-])[O-].O=S(=O)([O-])[O-].O=S(=O)([O-])[O-].[Fe+3].[Fe+3].[Fe+3].[Fe+3].[Fe+3].[Fe+3].[Fe+3]. The van der Waals surface area contributed by atoms with Gasteiger partial charge in [-0.15, -0.1) is 0 Å². The van der Waals surface area contributed by atoms with E-state index in [0.717, 1.165) is 0 Å². The van der Waals surface area contributed by atoms with Crippen LogP contribution in [0.2, 0.25) is 0 Å². The minimum atomic E-state index is -5.17. The summed E-state index contributed by atoms with van der Waals surface area (Å²) in [5.41, 5.74) is 0. The average molecular weight is 1350 g/mol. The van der Waals surface area contributed by atoms with Gasteiger partial charge in [0, 0.05) is 104 Å². The Morgan fingerprint density at radius 3 is 0.123 bits per heavy atom. The van der Waals surface area contributed by atoms with Crippen molar-refractivity contribution in [1.82, 2.24) is 0 Å². The molecule has 0 saturated heterocycles. The van der Waals surface area contributed by atoms with Gasteiger partial charge >= 0.3 is 119 Å². The molecule has 0 aromatic heterocycles. The topological polar surface area (TPSA) is 803 Å². The fraction of sp³-hybridized carbons (Fsp3) is 0. The van der Waals surface area contributed by atoms with Crippen LogP contribution in [-0.2, 0) is 223 Å². The predicted molar refractivity (Wildman–Crippen MR) is 105 cm³/mol. The average Bonchev–Trinajstić information content (AvgIpc) is 2.34. The zero-order valence-electron chi connectivity index (χ0n) is 22.9. The fourth-order valence-electron chi connectivity index (χ4n) is 0. The van der Waals surface area contributed by atoms with Gasteiger partial charge in [-0.1, -0.05) is 0 Å². The monoisotopic (exact) mass is 1350 g/mol. The summed E-state index contributed by atoms with van der Waals surface area (Å²) in [6, 6.07) is 0. The molecule has 57 heteroatoms. The molecule has 0 N–H and O–H groups in total. The Balaban J connectivity index is -0.0000000205. The summed E-state index contributed by atoms with van der Waals surface area (Å²) in [7, 11) is -51.7. The first-order valence-corrected chi connectivity index (χ1v) is 20.0. The summed E-state index contributed by atoms with van der Waals surface area (Å²) in [6.45, 7) is 0. The van der Waals surface area contributed by atoms with Crippen LogP contribution in [0.5, 0.6) is 0 Å². The minimum Gasteiger partial charge on any atom is -0.759 e. The van der Waals surface area contributed by atoms with E-state index >= 15 is 0 Å². The van der Waals surface area contributed by atoms with Gasteiger partial charge in [0.15, 0.2) is 0 Å². The van der Waals surface area contributed by atoms with Gasteiger partial charge in [-0.25, -0.2) is 0 Å². The molecule has 355 valence electrons. The third-order valence-electron chi connectivity index (χ3n) is 0. The van der Waals surface area contributed by atoms with Crippen molar-refractivity contribution in [2.75, 3.05) is 0 Å². The van der Waals surface area contributed by atoms with E-state index in [1.165, 1.54) is 0 Å². The molecule has 0 bridgehead atoms. The van der Waals surface area contributed by atoms with Crippen molar-refractivity contribution in [3.63, 3.8) is 0 Å². The maximum absolute atomic E-state index is 8.52. The summed E-state index contributed by atoms with van der Waals surface area (Å²) in [6.07, 6.45) is 0. The molecule has 0 aromatic carbocycles. The Kier molecular flexibility index (Phi) is 97.5. The largest absolute Gasteiger partial charge is 3.00 e. The van der Waals surface area contributed by atoms with Crippen molar-refractivity contribution >= 4 is 104 Å². The van der Waals surface area contributed by atoms with E-state index in [9.17, 15) is 0 Å². The molecule has 0 fully saturated rings. The van der Waals surface area contributed by atoms with E-state index in [0.29, 0.717) is 0 Å². The van der Waals surface area contributed by atoms with E-state index < -0.39 is 104 Å². The molecule has 0 atom stereocenters. The van der Waals surface area contributed by atoms with Crippen molar-refractivity contribution < 1.29 is 295 Å². The quantitative estimate of drug-likeness (QED) is 0.123. The maximum Gasteiger partial charge on any atom is 3.00 e. The van der Waals surface area contributed by atoms with Crippen LogP contribution in [0.1, 0.15) is 0 Å². The molecular formula is Fe7O40S10+. The van der Waals surface area contributed by atoms with Gasteiger partial charge in [-0.05, 0) is 0 Å². The number of rotatable bonds is 0. The summed E-state index contributed by atoms with van der Waals surface area (Å²) in [4.78, 5) is 0. The zero-order chi connectivity index (χ0) is 45.0. The van der Waals surface area contributed by atoms with Crippen LogP contribution in [0.25, 0.3) is 0 Å². The smallest absolute Gasteiger partial charge is 0.759 e. The second-order valence-corrected chi connectivity index (χ2v) is 12.2. The summed E-state index contributed by atoms with van der Waals surface area (Å²) < 4.78 is 341. The molecule has 0 unspecified atom stereocenters. The van der Waals surface area contributed by atoms with Crippen LogP contribution in [0.3, 0.4) is 0 Å². The van der Waals surface area contributed by atoms with Crippen LogP contribution in [0.15, 0.2) is 0 Å². The van der Waals surface area contributed by atoms with E-state index in [1.807, 2.05) is 0 Å². The van der Waals surface area contributed by atoms with Gasteiger partial charge in [-0.2, -0.15) is 0 Å². The second kappa shape index (κ2) is 49.4. The maximum atomic E-state index is 8.52. The van der Waals surface area contributed by atoms with Crippen LogP contribution >= 0.6 is 0 Å². The molecule has 7 radical (unpaired) electrons. The van der Waals surface area contributed by atoms with Crippen molar-refractivity contribution in [2.45, 2.75) is 0 Å². The normalized spacial score (nSPS) is 10.2. The Labute approximate surface area is 394 Å². The van der Waals surface area contributed by atoms with Crippen molar-refractivity contribution in [3.8, 4) is 0 Å². The Morgan fingerprint density at radius 1 is 0.123 bits per heavy atom. The first-order chi connectivity index (χ1) is 20.0. The van der Waals surface area contributed by atoms with E-state index in [2.05, 4.69) is 0 Å². The number of hydrogen-bond donors (Lipinski definition) is 0. The van der Waals surface area contributed by atoms with E-state index in [-0.39, 0.29) is 119 Å². The van der Waals surface area contributed by atoms with Crippen LogP contribution in [0.4, 0.5) is 0 Å². The third-order valence-corrected chi connectivity index (χ3v) is 0. The number of hydrogen-bond acceptors (Lipinski definition) is 40. The van der Waals surface area contributed by atoms with Crippen molar-refractivity contribution in [2.24, 2.45) is 0 Å². The van der Waals surface area contributed by atoms with Crippen LogP contribution in [0, 0.1) is 0 Å². The van der Waals surface area contributed by atoms with Crippen molar-refractivity contribution in [3.05, 3.63) is 0 Å². The van der Waals surface area contributed by atoms with Gasteiger partial charge in [0.25, 0.3) is 0 Å². The van der Waals surface area contributed by atoms with Crippen LogP contribution in [-0.4, -0.2) is 175 Å². The summed E-state index contributed by atoms with van der Waals surface area (Å²) in [5, 5.41) is 0. The Bertz CT molecular complexity index is 1400.